The minimum atomic E-state index is -0.937. The first-order valence-corrected chi connectivity index (χ1v) is 13.7. The van der Waals surface area contributed by atoms with Crippen LogP contribution in [-0.2, 0) is 16.1 Å². The second-order valence-corrected chi connectivity index (χ2v) is 10.8. The monoisotopic (exact) mass is 556 g/mol. The van der Waals surface area contributed by atoms with Gasteiger partial charge in [-0.1, -0.05) is 23.7 Å². The Morgan fingerprint density at radius 1 is 1.26 bits per heavy atom. The van der Waals surface area contributed by atoms with Crippen LogP contribution in [-0.4, -0.2) is 87.7 Å². The third kappa shape index (κ3) is 6.25. The number of rotatable bonds is 7. The fourth-order valence-electron chi connectivity index (χ4n) is 5.48. The maximum Gasteiger partial charge on any atom is 0.407 e. The van der Waals surface area contributed by atoms with Crippen molar-refractivity contribution in [3.8, 4) is 11.3 Å². The van der Waals surface area contributed by atoms with Gasteiger partial charge in [-0.3, -0.25) is 9.59 Å². The summed E-state index contributed by atoms with van der Waals surface area (Å²) >= 11 is 6.44. The average Bonchev–Trinajstić information content (AvgIpc) is 3.24. The first kappa shape index (κ1) is 27.1. The summed E-state index contributed by atoms with van der Waals surface area (Å²) in [6.07, 6.45) is 3.98. The van der Waals surface area contributed by atoms with Crippen LogP contribution in [0.25, 0.3) is 11.3 Å². The first-order chi connectivity index (χ1) is 18.8. The molecule has 12 heteroatoms. The molecule has 3 N–H and O–H groups in total. The van der Waals surface area contributed by atoms with Gasteiger partial charge < -0.3 is 30.3 Å². The van der Waals surface area contributed by atoms with Gasteiger partial charge in [-0.25, -0.2) is 14.8 Å². The van der Waals surface area contributed by atoms with Crippen LogP contribution in [0.5, 0.6) is 0 Å². The molecule has 0 saturated carbocycles. The summed E-state index contributed by atoms with van der Waals surface area (Å²) in [5, 5.41) is 16.0. The largest absolute Gasteiger partial charge is 0.465 e. The highest BCUT2D eigenvalue weighted by Crippen LogP contribution is 2.32. The molecule has 2 fully saturated rings. The number of aromatic nitrogens is 2. The summed E-state index contributed by atoms with van der Waals surface area (Å²) in [6.45, 7) is 4.45. The molecule has 39 heavy (non-hydrogen) atoms. The Bertz CT molecular complexity index is 1250. The van der Waals surface area contributed by atoms with Crippen molar-refractivity contribution in [2.45, 2.75) is 51.2 Å². The molecule has 0 radical (unpaired) electrons. The minimum Gasteiger partial charge on any atom is -0.465 e. The molecule has 5 rings (SSSR count). The number of hydrogen-bond acceptors (Lipinski definition) is 7. The summed E-state index contributed by atoms with van der Waals surface area (Å²) in [7, 11) is 0. The molecular weight excluding hydrogens is 524 g/mol. The van der Waals surface area contributed by atoms with E-state index in [1.54, 1.807) is 12.3 Å². The quantitative estimate of drug-likeness (QED) is 0.473. The number of carbonyl (C=O) groups excluding carboxylic acids is 2. The molecule has 0 unspecified atom stereocenters. The predicted octanol–water partition coefficient (Wildman–Crippen LogP) is 3.24. The molecule has 1 aromatic heterocycles. The van der Waals surface area contributed by atoms with Gasteiger partial charge in [-0.2, -0.15) is 0 Å². The van der Waals surface area contributed by atoms with Crippen molar-refractivity contribution in [2.75, 3.05) is 38.2 Å². The Labute approximate surface area is 231 Å². The van der Waals surface area contributed by atoms with Crippen LogP contribution in [0.3, 0.4) is 0 Å². The van der Waals surface area contributed by atoms with Crippen molar-refractivity contribution in [3.05, 3.63) is 40.5 Å². The first-order valence-electron chi connectivity index (χ1n) is 13.3. The summed E-state index contributed by atoms with van der Waals surface area (Å²) in [5.41, 5.74) is 2.58. The molecule has 3 aliphatic rings. The molecule has 2 saturated heterocycles. The van der Waals surface area contributed by atoms with Crippen LogP contribution in [0, 0.1) is 5.92 Å². The number of hydrogen-bond donors (Lipinski definition) is 3. The standard InChI is InChI=1S/C27H33ClN6O5/c1-16(18-3-2-8-33(13-18)27(37)38)30-23(35)15-34-14-19-5-4-17(11-21(19)25(34)36)24-22(28)12-29-26(32-24)31-20-6-9-39-10-7-20/h4-5,11-12,16,18,20H,2-3,6-10,13-15H2,1H3,(H,30,35)(H,37,38)(H,29,31,32)/t16-,18+/m1/s1. The highest BCUT2D eigenvalue weighted by Gasteiger charge is 2.32. The fraction of sp³-hybridized carbons (Fsp3) is 0.519. The summed E-state index contributed by atoms with van der Waals surface area (Å²) < 4.78 is 5.41. The van der Waals surface area contributed by atoms with Gasteiger partial charge in [-0.15, -0.1) is 0 Å². The highest BCUT2D eigenvalue weighted by molar-refractivity contribution is 6.33. The number of nitrogens with one attached hydrogen (secondary N) is 2. The molecule has 3 amide bonds. The van der Waals surface area contributed by atoms with E-state index in [0.29, 0.717) is 60.6 Å². The normalized spacial score (nSPS) is 20.5. The van der Waals surface area contributed by atoms with Crippen LogP contribution in [0.4, 0.5) is 10.7 Å². The zero-order chi connectivity index (χ0) is 27.5. The number of ether oxygens (including phenoxy) is 1. The second-order valence-electron chi connectivity index (χ2n) is 10.4. The van der Waals surface area contributed by atoms with Gasteiger partial charge in [0, 0.05) is 56.1 Å². The van der Waals surface area contributed by atoms with E-state index in [1.807, 2.05) is 19.1 Å². The number of likely N-dealkylation sites (tertiary alicyclic amines) is 1. The molecule has 208 valence electrons. The molecule has 0 aliphatic carbocycles. The Hall–Kier alpha value is -3.44. The summed E-state index contributed by atoms with van der Waals surface area (Å²) in [4.78, 5) is 49.2. The smallest absolute Gasteiger partial charge is 0.407 e. The Morgan fingerprint density at radius 3 is 2.82 bits per heavy atom. The number of benzene rings is 1. The van der Waals surface area contributed by atoms with E-state index in [2.05, 4.69) is 20.6 Å². The average molecular weight is 557 g/mol. The molecular formula is C27H33ClN6O5. The second kappa shape index (κ2) is 11.7. The molecule has 2 aromatic rings. The van der Waals surface area contributed by atoms with Crippen molar-refractivity contribution in [1.29, 1.82) is 0 Å². The van der Waals surface area contributed by atoms with E-state index in [1.165, 1.54) is 9.80 Å². The van der Waals surface area contributed by atoms with E-state index < -0.39 is 6.09 Å². The van der Waals surface area contributed by atoms with E-state index in [0.717, 1.165) is 31.2 Å². The lowest BCUT2D eigenvalue weighted by molar-refractivity contribution is -0.122. The summed E-state index contributed by atoms with van der Waals surface area (Å²) in [5.74, 6) is 0.0235. The van der Waals surface area contributed by atoms with Crippen LogP contribution >= 0.6 is 11.6 Å². The van der Waals surface area contributed by atoms with E-state index in [9.17, 15) is 19.5 Å². The van der Waals surface area contributed by atoms with Crippen LogP contribution in [0.2, 0.25) is 5.02 Å². The van der Waals surface area contributed by atoms with Crippen molar-refractivity contribution in [2.24, 2.45) is 5.92 Å². The molecule has 0 bridgehead atoms. The number of amides is 3. The lowest BCUT2D eigenvalue weighted by Crippen LogP contribution is -2.49. The number of carboxylic acid groups (broad SMARTS) is 1. The van der Waals surface area contributed by atoms with Gasteiger partial charge in [0.2, 0.25) is 11.9 Å². The third-order valence-corrected chi connectivity index (χ3v) is 8.00. The number of anilines is 1. The van der Waals surface area contributed by atoms with Gasteiger partial charge in [0.05, 0.1) is 16.9 Å². The fourth-order valence-corrected chi connectivity index (χ4v) is 5.68. The zero-order valence-electron chi connectivity index (χ0n) is 21.9. The van der Waals surface area contributed by atoms with Crippen molar-refractivity contribution < 1.29 is 24.2 Å². The van der Waals surface area contributed by atoms with Gasteiger partial charge in [0.15, 0.2) is 0 Å². The van der Waals surface area contributed by atoms with Crippen molar-refractivity contribution in [3.63, 3.8) is 0 Å². The lowest BCUT2D eigenvalue weighted by Gasteiger charge is -2.34. The molecule has 0 spiro atoms. The highest BCUT2D eigenvalue weighted by atomic mass is 35.5. The molecule has 2 atom stereocenters. The number of halogens is 1. The van der Waals surface area contributed by atoms with Gasteiger partial charge in [-0.05, 0) is 50.2 Å². The molecule has 11 nitrogen and oxygen atoms in total. The Kier molecular flexibility index (Phi) is 8.18. The number of carbonyl (C=O) groups is 3. The molecule has 1 aromatic carbocycles. The van der Waals surface area contributed by atoms with Crippen LogP contribution < -0.4 is 10.6 Å². The van der Waals surface area contributed by atoms with Crippen LogP contribution in [0.1, 0.15) is 48.5 Å². The summed E-state index contributed by atoms with van der Waals surface area (Å²) in [6, 6.07) is 5.55. The lowest BCUT2D eigenvalue weighted by atomic mass is 9.92. The maximum absolute atomic E-state index is 13.2. The van der Waals surface area contributed by atoms with E-state index in [-0.39, 0.29) is 36.4 Å². The van der Waals surface area contributed by atoms with Gasteiger partial charge in [0.1, 0.15) is 6.54 Å². The molecule has 3 aliphatic heterocycles. The van der Waals surface area contributed by atoms with Gasteiger partial charge in [0.25, 0.3) is 5.91 Å². The number of fused-ring (bicyclic) bond motifs is 1. The predicted molar refractivity (Wildman–Crippen MR) is 145 cm³/mol. The minimum absolute atomic E-state index is 0.0382. The van der Waals surface area contributed by atoms with E-state index in [4.69, 9.17) is 16.3 Å². The number of piperidine rings is 1. The van der Waals surface area contributed by atoms with Crippen molar-refractivity contribution >= 4 is 35.5 Å². The number of nitrogens with zero attached hydrogens (tertiary/aromatic N) is 4. The topological polar surface area (TPSA) is 137 Å². The zero-order valence-corrected chi connectivity index (χ0v) is 22.6. The Morgan fingerprint density at radius 2 is 2.05 bits per heavy atom. The van der Waals surface area contributed by atoms with Crippen LogP contribution in [0.15, 0.2) is 24.4 Å². The molecule has 4 heterocycles. The maximum atomic E-state index is 13.2. The van der Waals surface area contributed by atoms with Crippen molar-refractivity contribution in [1.82, 2.24) is 25.1 Å². The van der Waals surface area contributed by atoms with E-state index >= 15 is 0 Å². The SMILES string of the molecule is C[C@@H](NC(=O)CN1Cc2ccc(-c3nc(NC4CCOCC4)ncc3Cl)cc2C1=O)[C@H]1CCCN(C(=O)O)C1. The Balaban J connectivity index is 1.22. The third-order valence-electron chi connectivity index (χ3n) is 7.72. The van der Waals surface area contributed by atoms with Gasteiger partial charge >= 0.3 is 6.09 Å².